The highest BCUT2D eigenvalue weighted by atomic mass is 19.1. The molecule has 1 aromatic heterocycles. The highest BCUT2D eigenvalue weighted by molar-refractivity contribution is 6.12. The van der Waals surface area contributed by atoms with Gasteiger partial charge in [-0.15, -0.1) is 0 Å². The fourth-order valence-corrected chi connectivity index (χ4v) is 2.13. The van der Waals surface area contributed by atoms with Crippen molar-refractivity contribution in [1.29, 1.82) is 0 Å². The minimum atomic E-state index is -0.648. The molecule has 0 bridgehead atoms. The Morgan fingerprint density at radius 2 is 2.24 bits per heavy atom. The summed E-state index contributed by atoms with van der Waals surface area (Å²) in [5.74, 6) is -0.932. The van der Waals surface area contributed by atoms with Gasteiger partial charge in [-0.1, -0.05) is 25.1 Å². The molecule has 1 unspecified atom stereocenters. The summed E-state index contributed by atoms with van der Waals surface area (Å²) in [6, 6.07) is 2.61. The largest absolute Gasteiger partial charge is 0.350 e. The normalized spacial score (nSPS) is 24.3. The van der Waals surface area contributed by atoms with Gasteiger partial charge in [-0.05, 0) is 12.5 Å². The Hall–Kier alpha value is -1.39. The zero-order valence-electron chi connectivity index (χ0n) is 9.53. The van der Waals surface area contributed by atoms with E-state index in [1.165, 1.54) is 12.3 Å². The van der Waals surface area contributed by atoms with Crippen LogP contribution in [0.2, 0.25) is 5.82 Å². The van der Waals surface area contributed by atoms with Crippen molar-refractivity contribution in [2.24, 2.45) is 0 Å². The Morgan fingerprint density at radius 1 is 1.47 bits per heavy atom. The average Bonchev–Trinajstić information content (AvgIpc) is 2.32. The summed E-state index contributed by atoms with van der Waals surface area (Å²) in [6.45, 7) is 0. The van der Waals surface area contributed by atoms with E-state index in [-0.39, 0.29) is 23.3 Å². The summed E-state index contributed by atoms with van der Waals surface area (Å²) < 4.78 is 12.9. The van der Waals surface area contributed by atoms with E-state index in [1.54, 1.807) is 0 Å². The van der Waals surface area contributed by atoms with Gasteiger partial charge < -0.3 is 5.32 Å². The van der Waals surface area contributed by atoms with Crippen LogP contribution in [-0.2, 0) is 0 Å². The van der Waals surface area contributed by atoms with Crippen LogP contribution in [0.1, 0.15) is 36.0 Å². The van der Waals surface area contributed by atoms with Gasteiger partial charge in [0, 0.05) is 23.9 Å². The number of pyridine rings is 1. The third-order valence-electron chi connectivity index (χ3n) is 3.12. The lowest BCUT2D eigenvalue weighted by molar-refractivity contribution is 0.0927. The Morgan fingerprint density at radius 3 is 2.94 bits per heavy atom. The molecule has 1 heterocycles. The molecule has 5 heteroatoms. The molecule has 1 aliphatic carbocycles. The van der Waals surface area contributed by atoms with Crippen molar-refractivity contribution in [2.75, 3.05) is 0 Å². The molecular weight excluding hydrogens is 218 g/mol. The van der Waals surface area contributed by atoms with Gasteiger partial charge in [0.05, 0.1) is 7.85 Å². The molecule has 17 heavy (non-hydrogen) atoms. The molecule has 88 valence electrons. The zero-order chi connectivity index (χ0) is 12.3. The molecule has 0 aliphatic heterocycles. The number of nitrogens with one attached hydrogen (secondary N) is 1. The molecule has 1 amide bonds. The Bertz CT molecular complexity index is 413. The topological polar surface area (TPSA) is 42.0 Å². The van der Waals surface area contributed by atoms with E-state index in [4.69, 9.17) is 7.85 Å². The number of carbonyl (C=O) groups is 1. The fourth-order valence-electron chi connectivity index (χ4n) is 2.13. The van der Waals surface area contributed by atoms with Crippen molar-refractivity contribution in [1.82, 2.24) is 10.3 Å². The predicted octanol–water partition coefficient (Wildman–Crippen LogP) is 1.85. The molecule has 2 rings (SSSR count). The summed E-state index contributed by atoms with van der Waals surface area (Å²) in [6.07, 6.45) is 5.28. The van der Waals surface area contributed by atoms with Gasteiger partial charge in [0.2, 0.25) is 5.95 Å². The standard InChI is InChI=1S/C12H14BFN2O/c13-9-3-1-2-4-10(9)16-12(17)8-5-6-15-11(14)7-8/h5-7,9-10H,1-4H2,(H,16,17)/t9-,10?/m1/s1. The monoisotopic (exact) mass is 232 g/mol. The van der Waals surface area contributed by atoms with Gasteiger partial charge in [-0.3, -0.25) is 4.79 Å². The number of halogens is 1. The molecule has 2 atom stereocenters. The van der Waals surface area contributed by atoms with Crippen LogP contribution in [0.25, 0.3) is 0 Å². The first-order valence-corrected chi connectivity index (χ1v) is 5.85. The summed E-state index contributed by atoms with van der Waals surface area (Å²) in [5, 5.41) is 2.85. The van der Waals surface area contributed by atoms with Crippen LogP contribution in [0.15, 0.2) is 18.3 Å². The quantitative estimate of drug-likeness (QED) is 0.624. The smallest absolute Gasteiger partial charge is 0.251 e. The highest BCUT2D eigenvalue weighted by Gasteiger charge is 2.22. The number of rotatable bonds is 2. The van der Waals surface area contributed by atoms with Crippen molar-refractivity contribution in [3.05, 3.63) is 29.8 Å². The molecule has 1 fully saturated rings. The van der Waals surface area contributed by atoms with Crippen LogP contribution in [0.5, 0.6) is 0 Å². The second-order valence-electron chi connectivity index (χ2n) is 4.40. The van der Waals surface area contributed by atoms with E-state index in [0.29, 0.717) is 0 Å². The van der Waals surface area contributed by atoms with Crippen LogP contribution in [0, 0.1) is 5.95 Å². The first-order valence-electron chi connectivity index (χ1n) is 5.85. The summed E-state index contributed by atoms with van der Waals surface area (Å²) in [4.78, 5) is 15.3. The minimum absolute atomic E-state index is 0.000570. The Labute approximate surface area is 101 Å². The maximum atomic E-state index is 12.9. The molecule has 0 saturated heterocycles. The minimum Gasteiger partial charge on any atom is -0.350 e. The van der Waals surface area contributed by atoms with Gasteiger partial charge in [-0.2, -0.15) is 4.39 Å². The molecule has 1 aromatic rings. The lowest BCUT2D eigenvalue weighted by Gasteiger charge is -2.29. The van der Waals surface area contributed by atoms with E-state index in [1.807, 2.05) is 0 Å². The lowest BCUT2D eigenvalue weighted by Crippen LogP contribution is -2.39. The van der Waals surface area contributed by atoms with Crippen molar-refractivity contribution >= 4 is 13.8 Å². The number of amides is 1. The fraction of sp³-hybridized carbons (Fsp3) is 0.500. The van der Waals surface area contributed by atoms with Crippen LogP contribution in [-0.4, -0.2) is 24.8 Å². The van der Waals surface area contributed by atoms with E-state index in [9.17, 15) is 9.18 Å². The molecule has 1 saturated carbocycles. The average molecular weight is 232 g/mol. The molecular formula is C12H14BFN2O. The molecule has 3 nitrogen and oxygen atoms in total. The second-order valence-corrected chi connectivity index (χ2v) is 4.40. The van der Waals surface area contributed by atoms with E-state index in [2.05, 4.69) is 10.3 Å². The summed E-state index contributed by atoms with van der Waals surface area (Å²) in [7, 11) is 5.93. The number of aromatic nitrogens is 1. The SMILES string of the molecule is [B][C@@H]1CCCCC1NC(=O)c1ccnc(F)c1. The number of carbonyl (C=O) groups excluding carboxylic acids is 1. The first-order chi connectivity index (χ1) is 8.16. The summed E-state index contributed by atoms with van der Waals surface area (Å²) >= 11 is 0. The van der Waals surface area contributed by atoms with Gasteiger partial charge >= 0.3 is 0 Å². The highest BCUT2D eigenvalue weighted by Crippen LogP contribution is 2.26. The van der Waals surface area contributed by atoms with Gasteiger partial charge in [0.1, 0.15) is 0 Å². The van der Waals surface area contributed by atoms with Gasteiger partial charge in [0.25, 0.3) is 5.91 Å². The zero-order valence-corrected chi connectivity index (χ0v) is 9.53. The third kappa shape index (κ3) is 3.05. The van der Waals surface area contributed by atoms with Crippen LogP contribution < -0.4 is 5.32 Å². The molecule has 0 aromatic carbocycles. The van der Waals surface area contributed by atoms with E-state index in [0.717, 1.165) is 31.7 Å². The van der Waals surface area contributed by atoms with Crippen LogP contribution in [0.3, 0.4) is 0 Å². The summed E-state index contributed by atoms with van der Waals surface area (Å²) in [5.41, 5.74) is 0.287. The second kappa shape index (κ2) is 5.30. The van der Waals surface area contributed by atoms with Crippen molar-refractivity contribution in [3.8, 4) is 0 Å². The number of nitrogens with zero attached hydrogens (tertiary/aromatic N) is 1. The Kier molecular flexibility index (Phi) is 3.76. The lowest BCUT2D eigenvalue weighted by atomic mass is 9.72. The maximum Gasteiger partial charge on any atom is 0.251 e. The molecule has 1 aliphatic rings. The van der Waals surface area contributed by atoms with Crippen LogP contribution in [0.4, 0.5) is 4.39 Å². The molecule has 1 N–H and O–H groups in total. The van der Waals surface area contributed by atoms with E-state index < -0.39 is 5.95 Å². The third-order valence-corrected chi connectivity index (χ3v) is 3.12. The number of hydrogen-bond acceptors (Lipinski definition) is 2. The van der Waals surface area contributed by atoms with Crippen molar-refractivity contribution in [2.45, 2.75) is 37.5 Å². The van der Waals surface area contributed by atoms with E-state index >= 15 is 0 Å². The predicted molar refractivity (Wildman–Crippen MR) is 63.4 cm³/mol. The van der Waals surface area contributed by atoms with Crippen molar-refractivity contribution in [3.63, 3.8) is 0 Å². The maximum absolute atomic E-state index is 12.9. The molecule has 2 radical (unpaired) electrons. The number of hydrogen-bond donors (Lipinski definition) is 1. The van der Waals surface area contributed by atoms with Crippen LogP contribution >= 0.6 is 0 Å². The van der Waals surface area contributed by atoms with Gasteiger partial charge in [-0.25, -0.2) is 4.98 Å². The van der Waals surface area contributed by atoms with Gasteiger partial charge in [0.15, 0.2) is 0 Å². The first kappa shape index (κ1) is 12.1. The molecule has 0 spiro atoms. The Balaban J connectivity index is 2.01. The van der Waals surface area contributed by atoms with Crippen molar-refractivity contribution < 1.29 is 9.18 Å².